The van der Waals surface area contributed by atoms with Crippen LogP contribution < -0.4 is 10.5 Å². The molecule has 21 heavy (non-hydrogen) atoms. The van der Waals surface area contributed by atoms with Gasteiger partial charge in [-0.1, -0.05) is 6.07 Å². The van der Waals surface area contributed by atoms with Crippen molar-refractivity contribution in [3.8, 4) is 11.6 Å². The number of nitrogens with two attached hydrogens (primary N) is 1. The molecule has 0 aliphatic heterocycles. The minimum Gasteiger partial charge on any atom is -0.435 e. The summed E-state index contributed by atoms with van der Waals surface area (Å²) in [6, 6.07) is 6.46. The molecule has 2 aromatic rings. The molecular weight excluding hydrogens is 269 g/mol. The van der Waals surface area contributed by atoms with Crippen LogP contribution >= 0.6 is 0 Å². The number of pyridine rings is 1. The summed E-state index contributed by atoms with van der Waals surface area (Å²) in [4.78, 5) is 4.43. The number of nitrogen functional groups attached to an aromatic ring is 1. The van der Waals surface area contributed by atoms with E-state index in [1.54, 1.807) is 12.1 Å². The smallest absolute Gasteiger partial charge is 0.230 e. The molecule has 108 valence electrons. The number of fused-ring (bicyclic) bond motifs is 1. The Morgan fingerprint density at radius 2 is 2.14 bits per heavy atom. The van der Waals surface area contributed by atoms with Gasteiger partial charge in [-0.3, -0.25) is 5.41 Å². The second-order valence-corrected chi connectivity index (χ2v) is 5.25. The maximum Gasteiger partial charge on any atom is 0.230 e. The van der Waals surface area contributed by atoms with Gasteiger partial charge >= 0.3 is 0 Å². The van der Waals surface area contributed by atoms with Crippen LogP contribution in [0.3, 0.4) is 0 Å². The SMILES string of the molecule is Cc1ccc(F)c(Oc2nc3c(cc2C(=N)N)CCC3)c1. The maximum atomic E-state index is 13.8. The summed E-state index contributed by atoms with van der Waals surface area (Å²) >= 11 is 0. The molecular formula is C16H16FN3O. The molecule has 3 N–H and O–H groups in total. The number of nitrogens with zero attached hydrogens (tertiary/aromatic N) is 1. The maximum absolute atomic E-state index is 13.8. The van der Waals surface area contributed by atoms with Crippen molar-refractivity contribution in [1.82, 2.24) is 4.98 Å². The van der Waals surface area contributed by atoms with Gasteiger partial charge in [-0.25, -0.2) is 9.37 Å². The van der Waals surface area contributed by atoms with Crippen molar-refractivity contribution in [2.45, 2.75) is 26.2 Å². The molecule has 1 aliphatic carbocycles. The lowest BCUT2D eigenvalue weighted by atomic mass is 10.1. The molecule has 0 saturated heterocycles. The van der Waals surface area contributed by atoms with Crippen molar-refractivity contribution in [2.24, 2.45) is 5.73 Å². The fraction of sp³-hybridized carbons (Fsp3) is 0.250. The van der Waals surface area contributed by atoms with Crippen LogP contribution in [0.5, 0.6) is 11.6 Å². The topological polar surface area (TPSA) is 72.0 Å². The zero-order valence-electron chi connectivity index (χ0n) is 11.7. The highest BCUT2D eigenvalue weighted by molar-refractivity contribution is 5.97. The molecule has 0 atom stereocenters. The zero-order chi connectivity index (χ0) is 15.0. The Hall–Kier alpha value is -2.43. The van der Waals surface area contributed by atoms with Gasteiger partial charge in [-0.2, -0.15) is 0 Å². The van der Waals surface area contributed by atoms with E-state index in [-0.39, 0.29) is 17.5 Å². The van der Waals surface area contributed by atoms with Crippen molar-refractivity contribution in [2.75, 3.05) is 0 Å². The number of hydrogen-bond donors (Lipinski definition) is 2. The van der Waals surface area contributed by atoms with Crippen LogP contribution in [0.25, 0.3) is 0 Å². The van der Waals surface area contributed by atoms with Crippen LogP contribution in [0.15, 0.2) is 24.3 Å². The first-order chi connectivity index (χ1) is 10.0. The molecule has 0 fully saturated rings. The Morgan fingerprint density at radius 3 is 2.90 bits per heavy atom. The van der Waals surface area contributed by atoms with E-state index in [9.17, 15) is 4.39 Å². The third-order valence-electron chi connectivity index (χ3n) is 3.60. The molecule has 1 aromatic heterocycles. The number of nitrogens with one attached hydrogen (secondary N) is 1. The molecule has 0 unspecified atom stereocenters. The lowest BCUT2D eigenvalue weighted by Gasteiger charge is -2.12. The molecule has 3 rings (SSSR count). The van der Waals surface area contributed by atoms with E-state index in [1.165, 1.54) is 6.07 Å². The van der Waals surface area contributed by atoms with Gasteiger partial charge in [0.1, 0.15) is 5.84 Å². The van der Waals surface area contributed by atoms with E-state index in [2.05, 4.69) is 4.98 Å². The van der Waals surface area contributed by atoms with Crippen molar-refractivity contribution in [1.29, 1.82) is 5.41 Å². The highest BCUT2D eigenvalue weighted by Gasteiger charge is 2.20. The third-order valence-corrected chi connectivity index (χ3v) is 3.60. The van der Waals surface area contributed by atoms with Gasteiger partial charge in [-0.05, 0) is 55.5 Å². The summed E-state index contributed by atoms with van der Waals surface area (Å²) in [5.41, 5.74) is 8.94. The Kier molecular flexibility index (Phi) is 3.33. The van der Waals surface area contributed by atoms with E-state index < -0.39 is 5.82 Å². The highest BCUT2D eigenvalue weighted by atomic mass is 19.1. The van der Waals surface area contributed by atoms with Gasteiger partial charge < -0.3 is 10.5 Å². The summed E-state index contributed by atoms with van der Waals surface area (Å²) in [6.45, 7) is 1.86. The van der Waals surface area contributed by atoms with E-state index >= 15 is 0 Å². The number of hydrogen-bond acceptors (Lipinski definition) is 3. The predicted molar refractivity (Wildman–Crippen MR) is 78.5 cm³/mol. The lowest BCUT2D eigenvalue weighted by Crippen LogP contribution is -2.14. The quantitative estimate of drug-likeness (QED) is 0.672. The van der Waals surface area contributed by atoms with Gasteiger partial charge in [0.05, 0.1) is 5.56 Å². The van der Waals surface area contributed by atoms with Crippen LogP contribution in [0.1, 0.15) is 28.8 Å². The van der Waals surface area contributed by atoms with Gasteiger partial charge in [0.2, 0.25) is 5.88 Å². The van der Waals surface area contributed by atoms with Crippen LogP contribution in [-0.2, 0) is 12.8 Å². The third kappa shape index (κ3) is 2.59. The van der Waals surface area contributed by atoms with Gasteiger partial charge in [-0.15, -0.1) is 0 Å². The summed E-state index contributed by atoms with van der Waals surface area (Å²) in [5.74, 6) is -0.284. The Balaban J connectivity index is 2.05. The number of amidine groups is 1. The van der Waals surface area contributed by atoms with Crippen LogP contribution in [0, 0.1) is 18.2 Å². The molecule has 0 saturated carbocycles. The molecule has 1 aromatic carbocycles. The molecule has 0 amide bonds. The monoisotopic (exact) mass is 285 g/mol. The summed E-state index contributed by atoms with van der Waals surface area (Å²) < 4.78 is 19.4. The van der Waals surface area contributed by atoms with Crippen LogP contribution in [-0.4, -0.2) is 10.8 Å². The second kappa shape index (κ2) is 5.16. The predicted octanol–water partition coefficient (Wildman–Crippen LogP) is 3.09. The van der Waals surface area contributed by atoms with Gasteiger partial charge in [0, 0.05) is 5.69 Å². The van der Waals surface area contributed by atoms with Crippen LogP contribution in [0.4, 0.5) is 4.39 Å². The lowest BCUT2D eigenvalue weighted by molar-refractivity contribution is 0.425. The van der Waals surface area contributed by atoms with Crippen molar-refractivity contribution < 1.29 is 9.13 Å². The number of ether oxygens (including phenoxy) is 1. The first-order valence-corrected chi connectivity index (χ1v) is 6.86. The normalized spacial score (nSPS) is 13.0. The summed E-state index contributed by atoms with van der Waals surface area (Å²) in [7, 11) is 0. The fourth-order valence-corrected chi connectivity index (χ4v) is 2.52. The van der Waals surface area contributed by atoms with E-state index in [0.29, 0.717) is 5.56 Å². The average molecular weight is 285 g/mol. The number of rotatable bonds is 3. The number of halogens is 1. The minimum atomic E-state index is -0.461. The van der Waals surface area contributed by atoms with Gasteiger partial charge in [0.25, 0.3) is 0 Å². The highest BCUT2D eigenvalue weighted by Crippen LogP contribution is 2.31. The first-order valence-electron chi connectivity index (χ1n) is 6.86. The van der Waals surface area contributed by atoms with Crippen molar-refractivity contribution in [3.63, 3.8) is 0 Å². The summed E-state index contributed by atoms with van der Waals surface area (Å²) in [5, 5.41) is 7.66. The Labute approximate surface area is 122 Å². The molecule has 1 aliphatic rings. The molecule has 1 heterocycles. The number of benzene rings is 1. The second-order valence-electron chi connectivity index (χ2n) is 5.25. The largest absolute Gasteiger partial charge is 0.435 e. The standard InChI is InChI=1S/C16H16FN3O/c1-9-5-6-12(17)14(7-9)21-16-11(15(18)19)8-10-3-2-4-13(10)20-16/h5-8H,2-4H2,1H3,(H3,18,19). The molecule has 4 nitrogen and oxygen atoms in total. The average Bonchev–Trinajstić information content (AvgIpc) is 2.89. The first kappa shape index (κ1) is 13.5. The Morgan fingerprint density at radius 1 is 1.33 bits per heavy atom. The van der Waals surface area contributed by atoms with Gasteiger partial charge in [0.15, 0.2) is 11.6 Å². The summed E-state index contributed by atoms with van der Waals surface area (Å²) in [6.07, 6.45) is 2.84. The zero-order valence-corrected chi connectivity index (χ0v) is 11.7. The molecule has 0 radical (unpaired) electrons. The molecule has 0 spiro atoms. The Bertz CT molecular complexity index is 728. The molecule has 5 heteroatoms. The van der Waals surface area contributed by atoms with E-state index in [1.807, 2.05) is 13.0 Å². The van der Waals surface area contributed by atoms with E-state index in [0.717, 1.165) is 36.1 Å². The fourth-order valence-electron chi connectivity index (χ4n) is 2.52. The van der Waals surface area contributed by atoms with Crippen molar-refractivity contribution >= 4 is 5.84 Å². The number of aromatic nitrogens is 1. The minimum absolute atomic E-state index is 0.1000. The van der Waals surface area contributed by atoms with Crippen molar-refractivity contribution in [3.05, 3.63) is 52.5 Å². The number of aryl methyl sites for hydroxylation is 3. The van der Waals surface area contributed by atoms with E-state index in [4.69, 9.17) is 15.9 Å². The van der Waals surface area contributed by atoms with Crippen LogP contribution in [0.2, 0.25) is 0 Å². The molecule has 0 bridgehead atoms.